The van der Waals surface area contributed by atoms with Crippen molar-refractivity contribution < 1.29 is 4.74 Å². The van der Waals surface area contributed by atoms with E-state index in [1.54, 1.807) is 18.9 Å². The molecule has 0 spiro atoms. The van der Waals surface area contributed by atoms with Crippen LogP contribution in [0.5, 0.6) is 5.75 Å². The van der Waals surface area contributed by atoms with Crippen molar-refractivity contribution in [3.05, 3.63) is 35.3 Å². The Labute approximate surface area is 128 Å². The Balaban J connectivity index is 2.00. The Morgan fingerprint density at radius 2 is 2.37 bits per heavy atom. The van der Waals surface area contributed by atoms with Gasteiger partial charge in [-0.25, -0.2) is 0 Å². The number of methoxy groups -OCH3 is 1. The standard InChI is InChI=1S/C12H12BrN3OS2/c1-8(13)7-18-12-16-15-11(19-12)14-9-4-3-5-10(6-9)17-2/h3-6H,1,7H2,2H3,(H,14,15). The maximum atomic E-state index is 5.17. The molecule has 0 aliphatic heterocycles. The van der Waals surface area contributed by atoms with E-state index in [0.29, 0.717) is 0 Å². The Hall–Kier alpha value is -1.05. The number of hydrogen-bond donors (Lipinski definition) is 1. The predicted molar refractivity (Wildman–Crippen MR) is 85.0 cm³/mol. The third-order valence-corrected chi connectivity index (χ3v) is 4.79. The van der Waals surface area contributed by atoms with Gasteiger partial charge in [0, 0.05) is 17.5 Å². The molecule has 1 heterocycles. The number of nitrogens with zero attached hydrogens (tertiary/aromatic N) is 2. The molecule has 0 saturated carbocycles. The summed E-state index contributed by atoms with van der Waals surface area (Å²) >= 11 is 6.43. The van der Waals surface area contributed by atoms with Crippen LogP contribution >= 0.6 is 39.0 Å². The predicted octanol–water partition coefficient (Wildman–Crippen LogP) is 4.29. The molecule has 0 radical (unpaired) electrons. The molecule has 0 saturated heterocycles. The third kappa shape index (κ3) is 4.52. The van der Waals surface area contributed by atoms with Gasteiger partial charge in [0.15, 0.2) is 4.34 Å². The van der Waals surface area contributed by atoms with Gasteiger partial charge in [-0.3, -0.25) is 0 Å². The molecule has 0 amide bonds. The zero-order valence-corrected chi connectivity index (χ0v) is 13.4. The molecule has 2 aromatic rings. The van der Waals surface area contributed by atoms with Crippen molar-refractivity contribution in [3.8, 4) is 5.75 Å². The molecule has 0 bridgehead atoms. The maximum Gasteiger partial charge on any atom is 0.210 e. The van der Waals surface area contributed by atoms with Gasteiger partial charge >= 0.3 is 0 Å². The smallest absolute Gasteiger partial charge is 0.210 e. The van der Waals surface area contributed by atoms with Crippen molar-refractivity contribution in [3.63, 3.8) is 0 Å². The molecule has 0 aliphatic rings. The van der Waals surface area contributed by atoms with Crippen LogP contribution in [0.3, 0.4) is 0 Å². The number of benzene rings is 1. The van der Waals surface area contributed by atoms with E-state index < -0.39 is 0 Å². The second-order valence-corrected chi connectivity index (χ2v) is 6.86. The van der Waals surface area contributed by atoms with Crippen LogP contribution in [-0.4, -0.2) is 23.1 Å². The lowest BCUT2D eigenvalue weighted by atomic mass is 10.3. The largest absolute Gasteiger partial charge is 0.497 e. The first-order valence-electron chi connectivity index (χ1n) is 5.38. The number of hydrogen-bond acceptors (Lipinski definition) is 6. The van der Waals surface area contributed by atoms with E-state index in [1.807, 2.05) is 24.3 Å². The van der Waals surface area contributed by atoms with Crippen LogP contribution < -0.4 is 10.1 Å². The Morgan fingerprint density at radius 1 is 1.53 bits per heavy atom. The minimum absolute atomic E-state index is 0.760. The highest BCUT2D eigenvalue weighted by atomic mass is 79.9. The summed E-state index contributed by atoms with van der Waals surface area (Å²) in [6.07, 6.45) is 0. The van der Waals surface area contributed by atoms with Gasteiger partial charge in [0.2, 0.25) is 5.13 Å². The van der Waals surface area contributed by atoms with Crippen LogP contribution in [-0.2, 0) is 0 Å². The Morgan fingerprint density at radius 3 is 3.11 bits per heavy atom. The average molecular weight is 358 g/mol. The lowest BCUT2D eigenvalue weighted by Gasteiger charge is -2.04. The van der Waals surface area contributed by atoms with Gasteiger partial charge in [-0.15, -0.1) is 10.2 Å². The van der Waals surface area contributed by atoms with E-state index in [0.717, 1.165) is 31.1 Å². The van der Waals surface area contributed by atoms with Crippen molar-refractivity contribution in [1.82, 2.24) is 10.2 Å². The Bertz CT molecular complexity index is 574. The fraction of sp³-hybridized carbons (Fsp3) is 0.167. The fourth-order valence-corrected chi connectivity index (χ4v) is 3.15. The van der Waals surface area contributed by atoms with Crippen molar-refractivity contribution >= 4 is 49.8 Å². The first-order chi connectivity index (χ1) is 9.17. The normalized spacial score (nSPS) is 10.2. The zero-order valence-electron chi connectivity index (χ0n) is 10.2. The molecule has 0 fully saturated rings. The highest BCUT2D eigenvalue weighted by Gasteiger charge is 2.05. The van der Waals surface area contributed by atoms with Gasteiger partial charge in [0.1, 0.15) is 5.75 Å². The number of halogens is 1. The van der Waals surface area contributed by atoms with Crippen LogP contribution in [0.4, 0.5) is 10.8 Å². The molecule has 0 unspecified atom stereocenters. The summed E-state index contributed by atoms with van der Waals surface area (Å²) in [5, 5.41) is 12.2. The summed E-state index contributed by atoms with van der Waals surface area (Å²) < 4.78 is 7.02. The van der Waals surface area contributed by atoms with Crippen molar-refractivity contribution in [2.45, 2.75) is 4.34 Å². The number of anilines is 2. The molecule has 1 aromatic heterocycles. The molecule has 19 heavy (non-hydrogen) atoms. The van der Waals surface area contributed by atoms with Gasteiger partial charge < -0.3 is 10.1 Å². The number of nitrogens with one attached hydrogen (secondary N) is 1. The second-order valence-electron chi connectivity index (χ2n) is 3.54. The SMILES string of the molecule is C=C(Br)CSc1nnc(Nc2cccc(OC)c2)s1. The number of thioether (sulfide) groups is 1. The fourth-order valence-electron chi connectivity index (χ4n) is 1.28. The number of aromatic nitrogens is 2. The number of rotatable bonds is 6. The van der Waals surface area contributed by atoms with E-state index in [9.17, 15) is 0 Å². The highest BCUT2D eigenvalue weighted by molar-refractivity contribution is 9.11. The Kier molecular flexibility index (Phi) is 5.24. The van der Waals surface area contributed by atoms with E-state index in [-0.39, 0.29) is 0 Å². The first kappa shape index (κ1) is 14.4. The summed E-state index contributed by atoms with van der Waals surface area (Å²) in [4.78, 5) is 0. The van der Waals surface area contributed by atoms with Crippen LogP contribution in [0.25, 0.3) is 0 Å². The van der Waals surface area contributed by atoms with Gasteiger partial charge in [0.05, 0.1) is 7.11 Å². The molecule has 2 rings (SSSR count). The molecule has 0 atom stereocenters. The van der Waals surface area contributed by atoms with Gasteiger partial charge in [0.25, 0.3) is 0 Å². The summed E-state index contributed by atoms with van der Waals surface area (Å²) in [6, 6.07) is 7.69. The molecule has 1 aromatic carbocycles. The lowest BCUT2D eigenvalue weighted by molar-refractivity contribution is 0.415. The third-order valence-electron chi connectivity index (χ3n) is 2.08. The highest BCUT2D eigenvalue weighted by Crippen LogP contribution is 2.30. The monoisotopic (exact) mass is 357 g/mol. The average Bonchev–Trinajstić information content (AvgIpc) is 2.84. The molecule has 100 valence electrons. The maximum absolute atomic E-state index is 5.17. The van der Waals surface area contributed by atoms with Crippen molar-refractivity contribution in [2.75, 3.05) is 18.2 Å². The van der Waals surface area contributed by atoms with Crippen LogP contribution in [0.15, 0.2) is 39.7 Å². The van der Waals surface area contributed by atoms with Crippen molar-refractivity contribution in [2.24, 2.45) is 0 Å². The minimum atomic E-state index is 0.760. The zero-order chi connectivity index (χ0) is 13.7. The summed E-state index contributed by atoms with van der Waals surface area (Å²) in [5.41, 5.74) is 0.928. The van der Waals surface area contributed by atoms with Crippen LogP contribution in [0.2, 0.25) is 0 Å². The van der Waals surface area contributed by atoms with E-state index >= 15 is 0 Å². The molecule has 7 heteroatoms. The molecule has 1 N–H and O–H groups in total. The lowest BCUT2D eigenvalue weighted by Crippen LogP contribution is -1.90. The van der Waals surface area contributed by atoms with Crippen LogP contribution in [0.1, 0.15) is 0 Å². The second kappa shape index (κ2) is 6.93. The topological polar surface area (TPSA) is 47.0 Å². The van der Waals surface area contributed by atoms with Gasteiger partial charge in [-0.05, 0) is 16.6 Å². The minimum Gasteiger partial charge on any atom is -0.497 e. The quantitative estimate of drug-likeness (QED) is 0.781. The number of ether oxygens (including phenoxy) is 1. The summed E-state index contributed by atoms with van der Waals surface area (Å²) in [7, 11) is 1.64. The van der Waals surface area contributed by atoms with Crippen molar-refractivity contribution in [1.29, 1.82) is 0 Å². The summed E-state index contributed by atoms with van der Waals surface area (Å²) in [5.74, 6) is 1.59. The molecular weight excluding hydrogens is 346 g/mol. The van der Waals surface area contributed by atoms with E-state index in [4.69, 9.17) is 4.74 Å². The van der Waals surface area contributed by atoms with E-state index in [2.05, 4.69) is 38.0 Å². The van der Waals surface area contributed by atoms with E-state index in [1.165, 1.54) is 11.3 Å². The van der Waals surface area contributed by atoms with Gasteiger partial charge in [-0.1, -0.05) is 51.7 Å². The first-order valence-corrected chi connectivity index (χ1v) is 7.97. The van der Waals surface area contributed by atoms with Crippen LogP contribution in [0, 0.1) is 0 Å². The molecular formula is C12H12BrN3OS2. The summed E-state index contributed by atoms with van der Waals surface area (Å²) in [6.45, 7) is 3.79. The molecule has 4 nitrogen and oxygen atoms in total. The van der Waals surface area contributed by atoms with Gasteiger partial charge in [-0.2, -0.15) is 0 Å². The molecule has 0 aliphatic carbocycles.